The number of aromatic nitrogens is 2. The zero-order valence-corrected chi connectivity index (χ0v) is 16.3. The molecule has 0 radical (unpaired) electrons. The van der Waals surface area contributed by atoms with Gasteiger partial charge in [0.15, 0.2) is 11.6 Å². The van der Waals surface area contributed by atoms with Crippen LogP contribution in [0.2, 0.25) is 0 Å². The van der Waals surface area contributed by atoms with Gasteiger partial charge in [0.25, 0.3) is 0 Å². The van der Waals surface area contributed by atoms with E-state index in [0.717, 1.165) is 21.9 Å². The van der Waals surface area contributed by atoms with Crippen LogP contribution in [-0.4, -0.2) is 21.5 Å². The van der Waals surface area contributed by atoms with Gasteiger partial charge in [0, 0.05) is 33.4 Å². The van der Waals surface area contributed by atoms with E-state index in [1.807, 2.05) is 19.9 Å². The van der Waals surface area contributed by atoms with Crippen molar-refractivity contribution in [2.75, 3.05) is 5.32 Å². The Morgan fingerprint density at radius 3 is 2.64 bits per heavy atom. The van der Waals surface area contributed by atoms with Gasteiger partial charge in [-0.15, -0.1) is 11.3 Å². The molecule has 144 valence electrons. The van der Waals surface area contributed by atoms with Gasteiger partial charge in [-0.05, 0) is 39.0 Å². The average molecular weight is 401 g/mol. The summed E-state index contributed by atoms with van der Waals surface area (Å²) in [5.41, 5.74) is 1.67. The first-order valence-corrected chi connectivity index (χ1v) is 9.54. The van der Waals surface area contributed by atoms with Crippen LogP contribution in [0.5, 0.6) is 0 Å². The van der Waals surface area contributed by atoms with Crippen molar-refractivity contribution in [3.05, 3.63) is 62.5 Å². The molecule has 0 bridgehead atoms. The summed E-state index contributed by atoms with van der Waals surface area (Å²) < 4.78 is 28.8. The lowest BCUT2D eigenvalue weighted by Crippen LogP contribution is -2.28. The third-order valence-electron chi connectivity index (χ3n) is 4.86. The minimum absolute atomic E-state index is 0.00139. The number of nitrogens with one attached hydrogen (secondary N) is 1. The number of hydrogen-bond acceptors (Lipinski definition) is 4. The number of rotatable bonds is 3. The van der Waals surface area contributed by atoms with E-state index in [4.69, 9.17) is 0 Å². The van der Waals surface area contributed by atoms with E-state index in [-0.39, 0.29) is 29.6 Å². The Morgan fingerprint density at radius 1 is 1.25 bits per heavy atom. The van der Waals surface area contributed by atoms with E-state index in [1.165, 1.54) is 22.1 Å². The first-order chi connectivity index (χ1) is 13.3. The molecule has 0 saturated carbocycles. The Morgan fingerprint density at radius 2 is 2.00 bits per heavy atom. The molecule has 1 atom stereocenters. The summed E-state index contributed by atoms with van der Waals surface area (Å²) in [5, 5.41) is 7.03. The number of carbonyl (C=O) groups excluding carboxylic acids is 2. The number of ketones is 1. The van der Waals surface area contributed by atoms with Gasteiger partial charge in [-0.25, -0.2) is 13.5 Å². The van der Waals surface area contributed by atoms with Crippen molar-refractivity contribution in [3.8, 4) is 5.69 Å². The number of amides is 1. The number of fused-ring (bicyclic) bond motifs is 1. The Bertz CT molecular complexity index is 1130. The Hall–Kier alpha value is -2.87. The second-order valence-electron chi connectivity index (χ2n) is 6.85. The summed E-state index contributed by atoms with van der Waals surface area (Å²) in [6.07, 6.45) is -0.00139. The molecule has 4 rings (SSSR count). The molecular weight excluding hydrogens is 384 g/mol. The van der Waals surface area contributed by atoms with Gasteiger partial charge >= 0.3 is 0 Å². The molecular formula is C20H17F2N3O2S. The molecule has 3 heterocycles. The first kappa shape index (κ1) is 18.5. The second kappa shape index (κ2) is 6.63. The second-order valence-corrected chi connectivity index (χ2v) is 8.31. The van der Waals surface area contributed by atoms with Crippen LogP contribution >= 0.6 is 11.3 Å². The smallest absolute Gasteiger partial charge is 0.226 e. The number of halogens is 2. The number of thiophene rings is 1. The maximum Gasteiger partial charge on any atom is 0.226 e. The minimum Gasteiger partial charge on any atom is -0.310 e. The monoisotopic (exact) mass is 401 g/mol. The van der Waals surface area contributed by atoms with E-state index in [1.54, 1.807) is 6.92 Å². The lowest BCUT2D eigenvalue weighted by Gasteiger charge is -2.23. The van der Waals surface area contributed by atoms with Crippen LogP contribution in [0, 0.1) is 32.4 Å². The highest BCUT2D eigenvalue weighted by Crippen LogP contribution is 2.39. The number of anilines is 1. The zero-order chi connectivity index (χ0) is 20.2. The van der Waals surface area contributed by atoms with Crippen molar-refractivity contribution in [2.24, 2.45) is 0 Å². The molecule has 1 aliphatic heterocycles. The minimum atomic E-state index is -0.808. The summed E-state index contributed by atoms with van der Waals surface area (Å²) in [6, 6.07) is 4.95. The maximum atomic E-state index is 14.3. The molecule has 0 spiro atoms. The Kier molecular flexibility index (Phi) is 4.38. The highest BCUT2D eigenvalue weighted by atomic mass is 32.1. The van der Waals surface area contributed by atoms with E-state index >= 15 is 0 Å². The summed E-state index contributed by atoms with van der Waals surface area (Å²) >= 11 is 1.53. The SMILES string of the molecule is Cc1cc(C(=O)[C@@H]2CC(=O)Nc3c2c(C)nn3-c2ccc(F)cc2F)c(C)s1. The normalized spacial score (nSPS) is 16.0. The summed E-state index contributed by atoms with van der Waals surface area (Å²) in [7, 11) is 0. The zero-order valence-electron chi connectivity index (χ0n) is 15.5. The quantitative estimate of drug-likeness (QED) is 0.660. The molecule has 0 fully saturated rings. The fraction of sp³-hybridized carbons (Fsp3) is 0.250. The highest BCUT2D eigenvalue weighted by Gasteiger charge is 2.37. The predicted octanol–water partition coefficient (Wildman–Crippen LogP) is 4.45. The van der Waals surface area contributed by atoms with Crippen molar-refractivity contribution >= 4 is 28.8 Å². The van der Waals surface area contributed by atoms with Crippen LogP contribution in [-0.2, 0) is 4.79 Å². The molecule has 3 aromatic rings. The summed E-state index contributed by atoms with van der Waals surface area (Å²) in [4.78, 5) is 27.5. The third-order valence-corrected chi connectivity index (χ3v) is 5.83. The number of carbonyl (C=O) groups is 2. The van der Waals surface area contributed by atoms with E-state index in [9.17, 15) is 18.4 Å². The maximum absolute atomic E-state index is 14.3. The number of benzene rings is 1. The van der Waals surface area contributed by atoms with Crippen LogP contribution in [0.25, 0.3) is 5.69 Å². The fourth-order valence-electron chi connectivity index (χ4n) is 3.66. The van der Waals surface area contributed by atoms with Crippen LogP contribution in [0.3, 0.4) is 0 Å². The Balaban J connectivity index is 1.86. The van der Waals surface area contributed by atoms with Gasteiger partial charge in [-0.1, -0.05) is 0 Å². The number of aryl methyl sites for hydroxylation is 3. The predicted molar refractivity (Wildman–Crippen MR) is 102 cm³/mol. The van der Waals surface area contributed by atoms with Crippen molar-refractivity contribution < 1.29 is 18.4 Å². The van der Waals surface area contributed by atoms with E-state index < -0.39 is 17.6 Å². The molecule has 8 heteroatoms. The van der Waals surface area contributed by atoms with E-state index in [2.05, 4.69) is 10.4 Å². The molecule has 1 aliphatic rings. The summed E-state index contributed by atoms with van der Waals surface area (Å²) in [5.74, 6) is -2.47. The molecule has 1 N–H and O–H groups in total. The lowest BCUT2D eigenvalue weighted by molar-refractivity contribution is -0.116. The molecule has 1 amide bonds. The highest BCUT2D eigenvalue weighted by molar-refractivity contribution is 7.12. The van der Waals surface area contributed by atoms with Gasteiger partial charge in [-0.3, -0.25) is 9.59 Å². The Labute approximate surface area is 164 Å². The number of nitrogens with zero attached hydrogens (tertiary/aromatic N) is 2. The standard InChI is InChI=1S/C20H17F2N3O2S/c1-9-6-13(11(3)28-9)19(27)14-8-17(26)23-20-18(14)10(2)24-25(20)16-5-4-12(21)7-15(16)22/h4-7,14H,8H2,1-3H3,(H,23,26)/t14-/m1/s1. The van der Waals surface area contributed by atoms with E-state index in [0.29, 0.717) is 16.8 Å². The first-order valence-electron chi connectivity index (χ1n) is 8.72. The summed E-state index contributed by atoms with van der Waals surface area (Å²) in [6.45, 7) is 5.51. The largest absolute Gasteiger partial charge is 0.310 e. The fourth-order valence-corrected chi connectivity index (χ4v) is 4.59. The molecule has 0 aliphatic carbocycles. The van der Waals surface area contributed by atoms with Gasteiger partial charge < -0.3 is 5.32 Å². The van der Waals surface area contributed by atoms with Crippen molar-refractivity contribution in [2.45, 2.75) is 33.1 Å². The third kappa shape index (κ3) is 2.93. The molecule has 0 unspecified atom stereocenters. The molecule has 0 saturated heterocycles. The topological polar surface area (TPSA) is 64.0 Å². The van der Waals surface area contributed by atoms with Crippen LogP contribution in [0.15, 0.2) is 24.3 Å². The molecule has 5 nitrogen and oxygen atoms in total. The van der Waals surface area contributed by atoms with Crippen LogP contribution < -0.4 is 5.32 Å². The van der Waals surface area contributed by atoms with Gasteiger partial charge in [0.05, 0.1) is 11.6 Å². The number of Topliss-reactive ketones (excluding diaryl/α,β-unsaturated/α-hetero) is 1. The van der Waals surface area contributed by atoms with Crippen molar-refractivity contribution in [3.63, 3.8) is 0 Å². The van der Waals surface area contributed by atoms with Gasteiger partial charge in [0.1, 0.15) is 17.3 Å². The van der Waals surface area contributed by atoms with Crippen molar-refractivity contribution in [1.82, 2.24) is 9.78 Å². The molecule has 28 heavy (non-hydrogen) atoms. The van der Waals surface area contributed by atoms with Crippen LogP contribution in [0.1, 0.15) is 43.7 Å². The number of hydrogen-bond donors (Lipinski definition) is 1. The molecule has 1 aromatic carbocycles. The van der Waals surface area contributed by atoms with Crippen molar-refractivity contribution in [1.29, 1.82) is 0 Å². The van der Waals surface area contributed by atoms with Gasteiger partial charge in [-0.2, -0.15) is 5.10 Å². The lowest BCUT2D eigenvalue weighted by atomic mass is 9.85. The van der Waals surface area contributed by atoms with Crippen LogP contribution in [0.4, 0.5) is 14.6 Å². The average Bonchev–Trinajstić information content (AvgIpc) is 3.12. The molecule has 2 aromatic heterocycles. The van der Waals surface area contributed by atoms with Gasteiger partial charge in [0.2, 0.25) is 5.91 Å².